The van der Waals surface area contributed by atoms with E-state index in [0.717, 1.165) is 6.07 Å². The summed E-state index contributed by atoms with van der Waals surface area (Å²) in [6.45, 7) is 0.341. The zero-order valence-corrected chi connectivity index (χ0v) is 9.72. The lowest BCUT2D eigenvalue weighted by atomic mass is 10.3. The van der Waals surface area contributed by atoms with Crippen molar-refractivity contribution in [3.63, 3.8) is 0 Å². The van der Waals surface area contributed by atoms with E-state index in [2.05, 4.69) is 21.2 Å². The molecule has 0 atom stereocenters. The lowest BCUT2D eigenvalue weighted by Gasteiger charge is -2.05. The van der Waals surface area contributed by atoms with Gasteiger partial charge in [-0.25, -0.2) is 8.78 Å². The molecular formula is C11H8BrF2NO. The van der Waals surface area contributed by atoms with Crippen LogP contribution in [0.1, 0.15) is 5.76 Å². The number of anilines is 1. The minimum absolute atomic E-state index is 0.244. The molecule has 0 radical (unpaired) electrons. The summed E-state index contributed by atoms with van der Waals surface area (Å²) in [5.41, 5.74) is 0.244. The Bertz CT molecular complexity index is 498. The molecule has 2 rings (SSSR count). The highest BCUT2D eigenvalue weighted by molar-refractivity contribution is 9.10. The van der Waals surface area contributed by atoms with Crippen molar-refractivity contribution in [3.05, 3.63) is 52.4 Å². The predicted octanol–water partition coefficient (Wildman–Crippen LogP) is 3.93. The number of hydrogen-bond acceptors (Lipinski definition) is 2. The maximum atomic E-state index is 13.2. The molecule has 0 saturated heterocycles. The summed E-state index contributed by atoms with van der Waals surface area (Å²) in [5, 5.41) is 2.81. The van der Waals surface area contributed by atoms with Crippen LogP contribution in [0, 0.1) is 11.6 Å². The van der Waals surface area contributed by atoms with E-state index in [-0.39, 0.29) is 5.69 Å². The number of hydrogen-bond donors (Lipinski definition) is 1. The van der Waals surface area contributed by atoms with Gasteiger partial charge in [-0.15, -0.1) is 0 Å². The molecule has 0 bridgehead atoms. The number of furan rings is 1. The highest BCUT2D eigenvalue weighted by atomic mass is 79.9. The van der Waals surface area contributed by atoms with E-state index in [0.29, 0.717) is 17.0 Å². The molecule has 0 fully saturated rings. The van der Waals surface area contributed by atoms with Crippen molar-refractivity contribution in [2.45, 2.75) is 6.54 Å². The maximum absolute atomic E-state index is 13.2. The summed E-state index contributed by atoms with van der Waals surface area (Å²) >= 11 is 3.16. The molecule has 16 heavy (non-hydrogen) atoms. The fourth-order valence-electron chi connectivity index (χ4n) is 1.26. The molecule has 0 aliphatic rings. The van der Waals surface area contributed by atoms with Gasteiger partial charge in [-0.05, 0) is 40.2 Å². The van der Waals surface area contributed by atoms with Gasteiger partial charge >= 0.3 is 0 Å². The molecule has 1 aromatic heterocycles. The minimum Gasteiger partial charge on any atom is -0.452 e. The van der Waals surface area contributed by atoms with Gasteiger partial charge in [0.05, 0.1) is 12.2 Å². The van der Waals surface area contributed by atoms with Gasteiger partial charge in [0.1, 0.15) is 17.4 Å². The van der Waals surface area contributed by atoms with Gasteiger partial charge in [0.25, 0.3) is 0 Å². The first-order valence-corrected chi connectivity index (χ1v) is 5.37. The molecule has 2 aromatic rings. The van der Waals surface area contributed by atoms with Crippen molar-refractivity contribution in [1.82, 2.24) is 0 Å². The lowest BCUT2D eigenvalue weighted by Crippen LogP contribution is -2.00. The predicted molar refractivity (Wildman–Crippen MR) is 60.1 cm³/mol. The Balaban J connectivity index is 2.04. The van der Waals surface area contributed by atoms with Gasteiger partial charge in [0, 0.05) is 6.07 Å². The minimum atomic E-state index is -0.620. The Labute approximate surface area is 99.4 Å². The topological polar surface area (TPSA) is 25.2 Å². The Morgan fingerprint density at radius 1 is 1.19 bits per heavy atom. The second kappa shape index (κ2) is 4.65. The van der Waals surface area contributed by atoms with E-state index in [1.807, 2.05) is 0 Å². The van der Waals surface area contributed by atoms with E-state index in [4.69, 9.17) is 4.42 Å². The van der Waals surface area contributed by atoms with E-state index in [1.165, 1.54) is 12.1 Å². The SMILES string of the molecule is Fc1ccc(NCc2ccc(Br)o2)c(F)c1. The van der Waals surface area contributed by atoms with Crippen LogP contribution in [0.2, 0.25) is 0 Å². The third-order valence-corrected chi connectivity index (χ3v) is 2.44. The van der Waals surface area contributed by atoms with Gasteiger partial charge in [-0.2, -0.15) is 0 Å². The van der Waals surface area contributed by atoms with E-state index >= 15 is 0 Å². The summed E-state index contributed by atoms with van der Waals surface area (Å²) in [7, 11) is 0. The normalized spacial score (nSPS) is 10.4. The molecule has 1 aromatic carbocycles. The Hall–Kier alpha value is -1.36. The number of benzene rings is 1. The van der Waals surface area contributed by atoms with Crippen LogP contribution in [0.5, 0.6) is 0 Å². The molecule has 1 heterocycles. The van der Waals surface area contributed by atoms with Crippen LogP contribution in [0.15, 0.2) is 39.4 Å². The fourth-order valence-corrected chi connectivity index (χ4v) is 1.60. The monoisotopic (exact) mass is 287 g/mol. The van der Waals surface area contributed by atoms with Crippen molar-refractivity contribution in [3.8, 4) is 0 Å². The van der Waals surface area contributed by atoms with Gasteiger partial charge < -0.3 is 9.73 Å². The average Bonchev–Trinajstić information content (AvgIpc) is 2.63. The summed E-state index contributed by atoms with van der Waals surface area (Å²) < 4.78 is 31.7. The highest BCUT2D eigenvalue weighted by Crippen LogP contribution is 2.18. The van der Waals surface area contributed by atoms with Crippen molar-refractivity contribution in [2.75, 3.05) is 5.32 Å². The number of halogens is 3. The molecule has 0 aliphatic heterocycles. The molecule has 0 spiro atoms. The second-order valence-corrected chi connectivity index (χ2v) is 3.97. The molecular weight excluding hydrogens is 280 g/mol. The third kappa shape index (κ3) is 2.61. The first-order valence-electron chi connectivity index (χ1n) is 4.58. The molecule has 0 amide bonds. The number of nitrogens with one attached hydrogen (secondary N) is 1. The molecule has 1 N–H and O–H groups in total. The standard InChI is InChI=1S/C11H8BrF2NO/c12-11-4-2-8(16-11)6-15-10-3-1-7(13)5-9(10)14/h1-5,15H,6H2. The average molecular weight is 288 g/mol. The Morgan fingerprint density at radius 3 is 2.62 bits per heavy atom. The van der Waals surface area contributed by atoms with Crippen molar-refractivity contribution < 1.29 is 13.2 Å². The second-order valence-electron chi connectivity index (χ2n) is 3.18. The Morgan fingerprint density at radius 2 is 2.00 bits per heavy atom. The molecule has 0 aliphatic carbocycles. The summed E-state index contributed by atoms with van der Waals surface area (Å²) in [5.74, 6) is -0.551. The molecule has 2 nitrogen and oxygen atoms in total. The molecule has 0 saturated carbocycles. The van der Waals surface area contributed by atoms with Crippen LogP contribution in [0.25, 0.3) is 0 Å². The van der Waals surface area contributed by atoms with E-state index < -0.39 is 11.6 Å². The van der Waals surface area contributed by atoms with E-state index in [1.54, 1.807) is 12.1 Å². The van der Waals surface area contributed by atoms with Crippen LogP contribution in [-0.4, -0.2) is 0 Å². The zero-order valence-electron chi connectivity index (χ0n) is 8.14. The summed E-state index contributed by atoms with van der Waals surface area (Å²) in [6, 6.07) is 6.89. The zero-order chi connectivity index (χ0) is 11.5. The fraction of sp³-hybridized carbons (Fsp3) is 0.0909. The first-order chi connectivity index (χ1) is 7.65. The molecule has 5 heteroatoms. The van der Waals surface area contributed by atoms with Gasteiger partial charge in [0.15, 0.2) is 4.67 Å². The highest BCUT2D eigenvalue weighted by Gasteiger charge is 2.04. The van der Waals surface area contributed by atoms with Crippen LogP contribution < -0.4 is 5.32 Å². The van der Waals surface area contributed by atoms with Crippen LogP contribution in [-0.2, 0) is 6.54 Å². The molecule has 0 unspecified atom stereocenters. The van der Waals surface area contributed by atoms with Crippen molar-refractivity contribution >= 4 is 21.6 Å². The quantitative estimate of drug-likeness (QED) is 0.925. The summed E-state index contributed by atoms with van der Waals surface area (Å²) in [6.07, 6.45) is 0. The smallest absolute Gasteiger partial charge is 0.169 e. The van der Waals surface area contributed by atoms with Gasteiger partial charge in [-0.3, -0.25) is 0 Å². The number of rotatable bonds is 3. The van der Waals surface area contributed by atoms with Crippen molar-refractivity contribution in [2.24, 2.45) is 0 Å². The molecule has 84 valence electrons. The van der Waals surface area contributed by atoms with E-state index in [9.17, 15) is 8.78 Å². The third-order valence-electron chi connectivity index (χ3n) is 2.01. The summed E-state index contributed by atoms with van der Waals surface area (Å²) in [4.78, 5) is 0. The van der Waals surface area contributed by atoms with Crippen LogP contribution >= 0.6 is 15.9 Å². The first kappa shape index (κ1) is 11.1. The van der Waals surface area contributed by atoms with Gasteiger partial charge in [0.2, 0.25) is 0 Å². The van der Waals surface area contributed by atoms with Crippen LogP contribution in [0.4, 0.5) is 14.5 Å². The largest absolute Gasteiger partial charge is 0.452 e. The lowest BCUT2D eigenvalue weighted by molar-refractivity contribution is 0.495. The Kier molecular flexibility index (Phi) is 3.24. The maximum Gasteiger partial charge on any atom is 0.169 e. The van der Waals surface area contributed by atoms with Crippen molar-refractivity contribution in [1.29, 1.82) is 0 Å². The van der Waals surface area contributed by atoms with Gasteiger partial charge in [-0.1, -0.05) is 0 Å². The van der Waals surface area contributed by atoms with Crippen LogP contribution in [0.3, 0.4) is 0 Å².